The Morgan fingerprint density at radius 2 is 1.82 bits per heavy atom. The van der Waals surface area contributed by atoms with Gasteiger partial charge in [0.25, 0.3) is 0 Å². The molecule has 1 fully saturated rings. The van der Waals surface area contributed by atoms with Gasteiger partial charge in [-0.1, -0.05) is 20.8 Å². The van der Waals surface area contributed by atoms with E-state index in [9.17, 15) is 4.79 Å². The minimum atomic E-state index is 0.352. The standard InChI is InChI=1S/C15H29NO/c1-6-16(7-2)14(17)9-13-8-12(3)10-15(4,5)11-13/h12-13H,6-11H2,1-5H3/t12-,13-/m1/s1. The first-order valence-corrected chi connectivity index (χ1v) is 7.15. The molecule has 0 aliphatic heterocycles. The van der Waals surface area contributed by atoms with Gasteiger partial charge in [-0.15, -0.1) is 0 Å². The van der Waals surface area contributed by atoms with Crippen molar-refractivity contribution >= 4 is 5.91 Å². The van der Waals surface area contributed by atoms with Crippen molar-refractivity contribution in [3.05, 3.63) is 0 Å². The van der Waals surface area contributed by atoms with Crippen molar-refractivity contribution in [1.29, 1.82) is 0 Å². The molecule has 1 rings (SSSR count). The van der Waals surface area contributed by atoms with Crippen LogP contribution in [0.3, 0.4) is 0 Å². The van der Waals surface area contributed by atoms with Gasteiger partial charge < -0.3 is 4.90 Å². The summed E-state index contributed by atoms with van der Waals surface area (Å²) >= 11 is 0. The minimum Gasteiger partial charge on any atom is -0.343 e. The van der Waals surface area contributed by atoms with Crippen LogP contribution in [0.1, 0.15) is 60.3 Å². The van der Waals surface area contributed by atoms with Crippen molar-refractivity contribution in [3.8, 4) is 0 Å². The molecule has 0 aromatic carbocycles. The van der Waals surface area contributed by atoms with E-state index in [4.69, 9.17) is 0 Å². The minimum absolute atomic E-state index is 0.352. The number of carbonyl (C=O) groups excluding carboxylic acids is 1. The highest BCUT2D eigenvalue weighted by atomic mass is 16.2. The molecule has 0 spiro atoms. The van der Waals surface area contributed by atoms with E-state index < -0.39 is 0 Å². The van der Waals surface area contributed by atoms with Gasteiger partial charge in [0.1, 0.15) is 0 Å². The van der Waals surface area contributed by atoms with E-state index in [1.807, 2.05) is 4.90 Å². The van der Waals surface area contributed by atoms with Gasteiger partial charge in [-0.05, 0) is 50.4 Å². The molecule has 100 valence electrons. The Hall–Kier alpha value is -0.530. The third kappa shape index (κ3) is 4.33. The number of amides is 1. The first-order valence-electron chi connectivity index (χ1n) is 7.15. The molecule has 1 aliphatic carbocycles. The van der Waals surface area contributed by atoms with E-state index in [0.717, 1.165) is 25.4 Å². The maximum atomic E-state index is 12.1. The maximum absolute atomic E-state index is 12.1. The molecule has 2 atom stereocenters. The van der Waals surface area contributed by atoms with Crippen molar-refractivity contribution in [1.82, 2.24) is 4.90 Å². The Labute approximate surface area is 107 Å². The van der Waals surface area contributed by atoms with Crippen LogP contribution in [0.4, 0.5) is 0 Å². The summed E-state index contributed by atoms with van der Waals surface area (Å²) in [4.78, 5) is 14.1. The number of rotatable bonds is 4. The van der Waals surface area contributed by atoms with E-state index in [2.05, 4.69) is 34.6 Å². The van der Waals surface area contributed by atoms with E-state index in [0.29, 0.717) is 17.2 Å². The van der Waals surface area contributed by atoms with Crippen LogP contribution < -0.4 is 0 Å². The lowest BCUT2D eigenvalue weighted by atomic mass is 9.67. The summed E-state index contributed by atoms with van der Waals surface area (Å²) < 4.78 is 0. The third-order valence-electron chi connectivity index (χ3n) is 4.06. The predicted molar refractivity (Wildman–Crippen MR) is 72.8 cm³/mol. The normalized spacial score (nSPS) is 27.8. The molecule has 0 N–H and O–H groups in total. The third-order valence-corrected chi connectivity index (χ3v) is 4.06. The van der Waals surface area contributed by atoms with Crippen molar-refractivity contribution < 1.29 is 4.79 Å². The fraction of sp³-hybridized carbons (Fsp3) is 0.933. The Balaban J connectivity index is 2.53. The summed E-state index contributed by atoms with van der Waals surface area (Å²) in [6.07, 6.45) is 4.51. The Kier molecular flexibility index (Phi) is 5.03. The van der Waals surface area contributed by atoms with Gasteiger partial charge in [-0.3, -0.25) is 4.79 Å². The Morgan fingerprint density at radius 3 is 2.29 bits per heavy atom. The van der Waals surface area contributed by atoms with Crippen LogP contribution in [0.2, 0.25) is 0 Å². The molecule has 0 unspecified atom stereocenters. The molecular formula is C15H29NO. The van der Waals surface area contributed by atoms with Crippen LogP contribution >= 0.6 is 0 Å². The van der Waals surface area contributed by atoms with Crippen LogP contribution in [0.15, 0.2) is 0 Å². The largest absolute Gasteiger partial charge is 0.343 e. The van der Waals surface area contributed by atoms with Gasteiger partial charge in [0.2, 0.25) is 5.91 Å². The van der Waals surface area contributed by atoms with E-state index >= 15 is 0 Å². The van der Waals surface area contributed by atoms with Gasteiger partial charge >= 0.3 is 0 Å². The molecule has 1 amide bonds. The Bertz CT molecular complexity index is 256. The second-order valence-corrected chi connectivity index (χ2v) is 6.55. The van der Waals surface area contributed by atoms with E-state index in [-0.39, 0.29) is 0 Å². The lowest BCUT2D eigenvalue weighted by molar-refractivity contribution is -0.132. The molecule has 0 bridgehead atoms. The maximum Gasteiger partial charge on any atom is 0.222 e. The van der Waals surface area contributed by atoms with Gasteiger partial charge in [-0.2, -0.15) is 0 Å². The highest BCUT2D eigenvalue weighted by molar-refractivity contribution is 5.76. The number of carbonyl (C=O) groups is 1. The molecule has 2 nitrogen and oxygen atoms in total. The second-order valence-electron chi connectivity index (χ2n) is 6.55. The van der Waals surface area contributed by atoms with Gasteiger partial charge in [0.15, 0.2) is 0 Å². The molecular weight excluding hydrogens is 210 g/mol. The van der Waals surface area contributed by atoms with Crippen LogP contribution in [0.5, 0.6) is 0 Å². The quantitative estimate of drug-likeness (QED) is 0.732. The zero-order chi connectivity index (χ0) is 13.1. The highest BCUT2D eigenvalue weighted by Gasteiger charge is 2.33. The monoisotopic (exact) mass is 239 g/mol. The number of nitrogens with zero attached hydrogens (tertiary/aromatic N) is 1. The SMILES string of the molecule is CCN(CC)C(=O)C[C@H]1C[C@@H](C)CC(C)(C)C1. The molecule has 0 heterocycles. The van der Waals surface area contributed by atoms with Gasteiger partial charge in [0.05, 0.1) is 0 Å². The second kappa shape index (κ2) is 5.88. The fourth-order valence-electron chi connectivity index (χ4n) is 3.65. The smallest absolute Gasteiger partial charge is 0.222 e. The van der Waals surface area contributed by atoms with Crippen molar-refractivity contribution in [2.24, 2.45) is 17.3 Å². The highest BCUT2D eigenvalue weighted by Crippen LogP contribution is 2.42. The summed E-state index contributed by atoms with van der Waals surface area (Å²) in [6, 6.07) is 0. The zero-order valence-corrected chi connectivity index (χ0v) is 12.3. The molecule has 2 heteroatoms. The topological polar surface area (TPSA) is 20.3 Å². The fourth-order valence-corrected chi connectivity index (χ4v) is 3.65. The summed E-state index contributed by atoms with van der Waals surface area (Å²) in [5.41, 5.74) is 0.422. The summed E-state index contributed by atoms with van der Waals surface area (Å²) in [6.45, 7) is 12.8. The average molecular weight is 239 g/mol. The van der Waals surface area contributed by atoms with E-state index in [1.165, 1.54) is 19.3 Å². The summed E-state index contributed by atoms with van der Waals surface area (Å²) in [7, 11) is 0. The summed E-state index contributed by atoms with van der Waals surface area (Å²) in [5.74, 6) is 1.72. The van der Waals surface area contributed by atoms with Crippen molar-refractivity contribution in [2.45, 2.75) is 60.3 Å². The average Bonchev–Trinajstić information content (AvgIpc) is 2.15. The van der Waals surface area contributed by atoms with Crippen LogP contribution in [0, 0.1) is 17.3 Å². The lowest BCUT2D eigenvalue weighted by Crippen LogP contribution is -2.35. The Morgan fingerprint density at radius 1 is 1.24 bits per heavy atom. The molecule has 1 aliphatic rings. The van der Waals surface area contributed by atoms with Crippen molar-refractivity contribution in [2.75, 3.05) is 13.1 Å². The lowest BCUT2D eigenvalue weighted by Gasteiger charge is -2.39. The first-order chi connectivity index (χ1) is 7.88. The molecule has 1 saturated carbocycles. The molecule has 0 radical (unpaired) electrons. The van der Waals surface area contributed by atoms with Gasteiger partial charge in [0, 0.05) is 19.5 Å². The van der Waals surface area contributed by atoms with Crippen LogP contribution in [-0.2, 0) is 4.79 Å². The van der Waals surface area contributed by atoms with Crippen LogP contribution in [0.25, 0.3) is 0 Å². The predicted octanol–water partition coefficient (Wildman–Crippen LogP) is 3.71. The molecule has 0 aromatic heterocycles. The van der Waals surface area contributed by atoms with Crippen molar-refractivity contribution in [3.63, 3.8) is 0 Å². The van der Waals surface area contributed by atoms with Gasteiger partial charge in [-0.25, -0.2) is 0 Å². The van der Waals surface area contributed by atoms with Crippen LogP contribution in [-0.4, -0.2) is 23.9 Å². The molecule has 0 aromatic rings. The number of hydrogen-bond donors (Lipinski definition) is 0. The molecule has 17 heavy (non-hydrogen) atoms. The molecule has 0 saturated heterocycles. The van der Waals surface area contributed by atoms with E-state index in [1.54, 1.807) is 0 Å². The zero-order valence-electron chi connectivity index (χ0n) is 12.3. The summed E-state index contributed by atoms with van der Waals surface area (Å²) in [5, 5.41) is 0. The number of hydrogen-bond acceptors (Lipinski definition) is 1. The first kappa shape index (κ1) is 14.5.